The van der Waals surface area contributed by atoms with Gasteiger partial charge >= 0.3 is 0 Å². The third-order valence-corrected chi connectivity index (χ3v) is 1.97. The predicted octanol–water partition coefficient (Wildman–Crippen LogP) is 1.39. The summed E-state index contributed by atoms with van der Waals surface area (Å²) in [6.45, 7) is 2.44. The lowest BCUT2D eigenvalue weighted by Gasteiger charge is -1.98. The largest absolute Gasteiger partial charge is 0.459 e. The molecule has 0 fully saturated rings. The molecule has 0 aliphatic rings. The molecule has 5 nitrogen and oxygen atoms in total. The summed E-state index contributed by atoms with van der Waals surface area (Å²) in [5.41, 5.74) is 5.49. The van der Waals surface area contributed by atoms with Gasteiger partial charge in [-0.25, -0.2) is 0 Å². The van der Waals surface area contributed by atoms with E-state index in [9.17, 15) is 0 Å². The molecule has 0 saturated heterocycles. The quantitative estimate of drug-likeness (QED) is 0.796. The molecule has 0 aliphatic carbocycles. The van der Waals surface area contributed by atoms with Gasteiger partial charge in [-0.2, -0.15) is 4.98 Å². The molecular formula is C9H11N3O2. The van der Waals surface area contributed by atoms with Gasteiger partial charge in [0.25, 0.3) is 5.89 Å². The van der Waals surface area contributed by atoms with Gasteiger partial charge in [-0.1, -0.05) is 12.1 Å². The van der Waals surface area contributed by atoms with Crippen LogP contribution in [0.3, 0.4) is 0 Å². The molecule has 2 aromatic heterocycles. The zero-order valence-electron chi connectivity index (χ0n) is 7.80. The van der Waals surface area contributed by atoms with E-state index in [1.165, 1.54) is 0 Å². The summed E-state index contributed by atoms with van der Waals surface area (Å²) in [6, 6.07) is 3.54. The Morgan fingerprint density at radius 3 is 3.07 bits per heavy atom. The minimum absolute atomic E-state index is 0.0995. The Bertz CT molecular complexity index is 394. The van der Waals surface area contributed by atoms with Crippen LogP contribution in [-0.2, 0) is 0 Å². The summed E-state index contributed by atoms with van der Waals surface area (Å²) in [7, 11) is 0. The predicted molar refractivity (Wildman–Crippen MR) is 49.5 cm³/mol. The minimum atomic E-state index is 0.0995. The molecule has 0 saturated carbocycles. The number of nitrogens with zero attached hydrogens (tertiary/aromatic N) is 2. The third-order valence-electron chi connectivity index (χ3n) is 1.97. The Balaban J connectivity index is 2.26. The number of aromatic nitrogens is 2. The normalized spacial score (nSPS) is 13.0. The summed E-state index contributed by atoms with van der Waals surface area (Å²) in [6.07, 6.45) is 1.56. The second-order valence-electron chi connectivity index (χ2n) is 3.07. The molecule has 5 heteroatoms. The summed E-state index contributed by atoms with van der Waals surface area (Å²) in [5.74, 6) is 1.68. The molecule has 1 unspecified atom stereocenters. The maximum Gasteiger partial charge on any atom is 0.293 e. The number of furan rings is 1. The standard InChI is InChI=1S/C9H11N3O2/c1-6(5-10)8-11-9(14-12-8)7-3-2-4-13-7/h2-4,6H,5,10H2,1H3. The number of hydrogen-bond acceptors (Lipinski definition) is 5. The average molecular weight is 193 g/mol. The molecule has 1 atom stereocenters. The van der Waals surface area contributed by atoms with E-state index in [2.05, 4.69) is 10.1 Å². The van der Waals surface area contributed by atoms with Crippen LogP contribution in [0.5, 0.6) is 0 Å². The molecule has 0 radical (unpaired) electrons. The van der Waals surface area contributed by atoms with E-state index >= 15 is 0 Å². The highest BCUT2D eigenvalue weighted by atomic mass is 16.5. The first kappa shape index (κ1) is 8.96. The van der Waals surface area contributed by atoms with Gasteiger partial charge in [0.1, 0.15) is 0 Å². The van der Waals surface area contributed by atoms with Crippen molar-refractivity contribution in [2.45, 2.75) is 12.8 Å². The van der Waals surface area contributed by atoms with E-state index in [0.717, 1.165) is 0 Å². The van der Waals surface area contributed by atoms with E-state index in [4.69, 9.17) is 14.7 Å². The topological polar surface area (TPSA) is 78.1 Å². The molecule has 14 heavy (non-hydrogen) atoms. The smallest absolute Gasteiger partial charge is 0.293 e. The first-order valence-corrected chi connectivity index (χ1v) is 4.39. The van der Waals surface area contributed by atoms with Gasteiger partial charge in [0, 0.05) is 12.5 Å². The molecule has 74 valence electrons. The van der Waals surface area contributed by atoms with E-state index in [1.807, 2.05) is 6.92 Å². The molecule has 2 aromatic rings. The monoisotopic (exact) mass is 193 g/mol. The van der Waals surface area contributed by atoms with Gasteiger partial charge in [0.15, 0.2) is 11.6 Å². The van der Waals surface area contributed by atoms with Crippen LogP contribution < -0.4 is 5.73 Å². The van der Waals surface area contributed by atoms with Crippen molar-refractivity contribution in [3.8, 4) is 11.7 Å². The van der Waals surface area contributed by atoms with E-state index < -0.39 is 0 Å². The lowest BCUT2D eigenvalue weighted by atomic mass is 10.2. The third kappa shape index (κ3) is 1.54. The molecule has 2 N–H and O–H groups in total. The molecule has 0 bridgehead atoms. The fraction of sp³-hybridized carbons (Fsp3) is 0.333. The zero-order chi connectivity index (χ0) is 9.97. The Morgan fingerprint density at radius 2 is 2.43 bits per heavy atom. The first-order valence-electron chi connectivity index (χ1n) is 4.39. The lowest BCUT2D eigenvalue weighted by Crippen LogP contribution is -2.10. The summed E-state index contributed by atoms with van der Waals surface area (Å²) < 4.78 is 10.1. The molecular weight excluding hydrogens is 182 g/mol. The van der Waals surface area contributed by atoms with Crippen molar-refractivity contribution in [2.24, 2.45) is 5.73 Å². The van der Waals surface area contributed by atoms with Crippen LogP contribution in [0.4, 0.5) is 0 Å². The SMILES string of the molecule is CC(CN)c1noc(-c2ccco2)n1. The number of rotatable bonds is 3. The van der Waals surface area contributed by atoms with Crippen LogP contribution in [0.2, 0.25) is 0 Å². The Labute approximate surface area is 80.9 Å². The molecule has 0 aromatic carbocycles. The van der Waals surface area contributed by atoms with Crippen molar-refractivity contribution < 1.29 is 8.94 Å². The van der Waals surface area contributed by atoms with Crippen molar-refractivity contribution in [3.05, 3.63) is 24.2 Å². The van der Waals surface area contributed by atoms with Crippen LogP contribution in [-0.4, -0.2) is 16.7 Å². The summed E-state index contributed by atoms with van der Waals surface area (Å²) in [4.78, 5) is 4.17. The van der Waals surface area contributed by atoms with Gasteiger partial charge in [-0.05, 0) is 12.1 Å². The van der Waals surface area contributed by atoms with Gasteiger partial charge in [-0.3, -0.25) is 0 Å². The molecule has 2 heterocycles. The van der Waals surface area contributed by atoms with Crippen molar-refractivity contribution in [1.29, 1.82) is 0 Å². The maximum atomic E-state index is 5.49. The van der Waals surface area contributed by atoms with Crippen LogP contribution in [0.25, 0.3) is 11.7 Å². The zero-order valence-corrected chi connectivity index (χ0v) is 7.80. The van der Waals surface area contributed by atoms with Crippen molar-refractivity contribution >= 4 is 0 Å². The van der Waals surface area contributed by atoms with Crippen molar-refractivity contribution in [2.75, 3.05) is 6.54 Å². The minimum Gasteiger partial charge on any atom is -0.459 e. The molecule has 0 spiro atoms. The van der Waals surface area contributed by atoms with Crippen LogP contribution >= 0.6 is 0 Å². The summed E-state index contributed by atoms with van der Waals surface area (Å²) >= 11 is 0. The van der Waals surface area contributed by atoms with E-state index in [1.54, 1.807) is 18.4 Å². The average Bonchev–Trinajstić information content (AvgIpc) is 2.86. The van der Waals surface area contributed by atoms with E-state index in [0.29, 0.717) is 24.0 Å². The first-order chi connectivity index (χ1) is 6.81. The van der Waals surface area contributed by atoms with E-state index in [-0.39, 0.29) is 5.92 Å². The van der Waals surface area contributed by atoms with Crippen LogP contribution in [0.1, 0.15) is 18.7 Å². The Morgan fingerprint density at radius 1 is 1.57 bits per heavy atom. The maximum absolute atomic E-state index is 5.49. The van der Waals surface area contributed by atoms with Gasteiger partial charge in [-0.15, -0.1) is 0 Å². The van der Waals surface area contributed by atoms with Gasteiger partial charge in [0.05, 0.1) is 6.26 Å². The highest BCUT2D eigenvalue weighted by molar-refractivity contribution is 5.42. The van der Waals surface area contributed by atoms with Crippen molar-refractivity contribution in [3.63, 3.8) is 0 Å². The lowest BCUT2D eigenvalue weighted by molar-refractivity contribution is 0.405. The van der Waals surface area contributed by atoms with Gasteiger partial charge < -0.3 is 14.7 Å². The highest BCUT2D eigenvalue weighted by Crippen LogP contribution is 2.19. The molecule has 2 rings (SSSR count). The number of nitrogens with two attached hydrogens (primary N) is 1. The van der Waals surface area contributed by atoms with Gasteiger partial charge in [0.2, 0.25) is 0 Å². The molecule has 0 aliphatic heterocycles. The van der Waals surface area contributed by atoms with Crippen LogP contribution in [0, 0.1) is 0 Å². The Kier molecular flexibility index (Phi) is 2.32. The fourth-order valence-electron chi connectivity index (χ4n) is 1.04. The number of hydrogen-bond donors (Lipinski definition) is 1. The summed E-state index contributed by atoms with van der Waals surface area (Å²) in [5, 5.41) is 3.82. The highest BCUT2D eigenvalue weighted by Gasteiger charge is 2.14. The van der Waals surface area contributed by atoms with Crippen molar-refractivity contribution in [1.82, 2.24) is 10.1 Å². The second kappa shape index (κ2) is 3.63. The van der Waals surface area contributed by atoms with Crippen LogP contribution in [0.15, 0.2) is 27.3 Å². The molecule has 0 amide bonds. The Hall–Kier alpha value is -1.62. The second-order valence-corrected chi connectivity index (χ2v) is 3.07. The fourth-order valence-corrected chi connectivity index (χ4v) is 1.04.